The summed E-state index contributed by atoms with van der Waals surface area (Å²) in [5.74, 6) is -1.69. The van der Waals surface area contributed by atoms with Crippen LogP contribution in [0.5, 0.6) is 0 Å². The molecule has 2 atom stereocenters. The van der Waals surface area contributed by atoms with Crippen LogP contribution in [0.25, 0.3) is 0 Å². The van der Waals surface area contributed by atoms with E-state index < -0.39 is 11.9 Å². The maximum atomic E-state index is 12.1. The number of nitrogens with zero attached hydrogens (tertiary/aromatic N) is 1. The molecule has 6 heteroatoms. The Labute approximate surface area is 122 Å². The van der Waals surface area contributed by atoms with Gasteiger partial charge in [-0.05, 0) is 31.7 Å². The zero-order valence-corrected chi connectivity index (χ0v) is 12.0. The number of anilines is 1. The number of amides is 1. The Bertz CT molecular complexity index is 594. The van der Waals surface area contributed by atoms with Crippen molar-refractivity contribution in [2.24, 2.45) is 11.8 Å². The van der Waals surface area contributed by atoms with Gasteiger partial charge in [-0.15, -0.1) is 0 Å². The van der Waals surface area contributed by atoms with Crippen molar-refractivity contribution in [2.45, 2.75) is 39.2 Å². The predicted molar refractivity (Wildman–Crippen MR) is 78.1 cm³/mol. The molecule has 0 spiro atoms. The Morgan fingerprint density at radius 2 is 2.05 bits per heavy atom. The molecule has 6 nitrogen and oxygen atoms in total. The number of hydrogen-bond donors (Lipinski definition) is 2. The van der Waals surface area contributed by atoms with Gasteiger partial charge in [-0.25, -0.2) is 0 Å². The zero-order chi connectivity index (χ0) is 15.4. The summed E-state index contributed by atoms with van der Waals surface area (Å²) in [6, 6.07) is 3.01. The number of carboxylic acids is 1. The second-order valence-electron chi connectivity index (χ2n) is 5.48. The van der Waals surface area contributed by atoms with Gasteiger partial charge in [0.15, 0.2) is 0 Å². The number of pyridine rings is 1. The Morgan fingerprint density at radius 1 is 1.33 bits per heavy atom. The first-order valence-electron chi connectivity index (χ1n) is 7.25. The van der Waals surface area contributed by atoms with Crippen molar-refractivity contribution in [1.29, 1.82) is 0 Å². The molecule has 1 aromatic rings. The summed E-state index contributed by atoms with van der Waals surface area (Å²) < 4.78 is 1.56. The van der Waals surface area contributed by atoms with Gasteiger partial charge in [0.1, 0.15) is 0 Å². The van der Waals surface area contributed by atoms with Crippen molar-refractivity contribution >= 4 is 17.6 Å². The lowest BCUT2D eigenvalue weighted by Gasteiger charge is -2.12. The summed E-state index contributed by atoms with van der Waals surface area (Å²) in [5, 5.41) is 11.7. The SMILES string of the molecule is CCCn1cc(NC(=O)C2CCC(C(=O)O)C2)ccc1=O. The van der Waals surface area contributed by atoms with Crippen molar-refractivity contribution in [3.8, 4) is 0 Å². The third-order valence-corrected chi connectivity index (χ3v) is 3.87. The maximum Gasteiger partial charge on any atom is 0.306 e. The van der Waals surface area contributed by atoms with E-state index in [1.165, 1.54) is 6.07 Å². The first kappa shape index (κ1) is 15.3. The third-order valence-electron chi connectivity index (χ3n) is 3.87. The van der Waals surface area contributed by atoms with Crippen molar-refractivity contribution in [2.75, 3.05) is 5.32 Å². The molecule has 2 unspecified atom stereocenters. The number of carbonyl (C=O) groups is 2. The summed E-state index contributed by atoms with van der Waals surface area (Å²) >= 11 is 0. The van der Waals surface area contributed by atoms with Gasteiger partial charge in [0.05, 0.1) is 11.6 Å². The molecule has 1 fully saturated rings. The number of hydrogen-bond acceptors (Lipinski definition) is 3. The van der Waals surface area contributed by atoms with Crippen LogP contribution in [-0.2, 0) is 16.1 Å². The largest absolute Gasteiger partial charge is 0.481 e. The minimum atomic E-state index is -0.832. The fraction of sp³-hybridized carbons (Fsp3) is 0.533. The van der Waals surface area contributed by atoms with Crippen LogP contribution in [0.1, 0.15) is 32.6 Å². The van der Waals surface area contributed by atoms with E-state index in [1.807, 2.05) is 6.92 Å². The molecule has 1 aliphatic rings. The normalized spacial score (nSPS) is 21.2. The molecule has 1 saturated carbocycles. The predicted octanol–water partition coefficient (Wildman–Crippen LogP) is 1.70. The van der Waals surface area contributed by atoms with Gasteiger partial charge in [-0.2, -0.15) is 0 Å². The van der Waals surface area contributed by atoms with E-state index in [2.05, 4.69) is 5.32 Å². The molecule has 0 saturated heterocycles. The van der Waals surface area contributed by atoms with Crippen molar-refractivity contribution in [3.63, 3.8) is 0 Å². The summed E-state index contributed by atoms with van der Waals surface area (Å²) in [5.41, 5.74) is 0.480. The molecule has 1 heterocycles. The second-order valence-corrected chi connectivity index (χ2v) is 5.48. The average Bonchev–Trinajstić information content (AvgIpc) is 2.93. The van der Waals surface area contributed by atoms with Gasteiger partial charge in [-0.3, -0.25) is 14.4 Å². The molecular formula is C15H20N2O4. The van der Waals surface area contributed by atoms with Crippen LogP contribution >= 0.6 is 0 Å². The van der Waals surface area contributed by atoms with Crippen LogP contribution in [0.3, 0.4) is 0 Å². The van der Waals surface area contributed by atoms with Crippen LogP contribution in [0, 0.1) is 11.8 Å². The number of carbonyl (C=O) groups excluding carboxylic acids is 1. The molecule has 1 aliphatic carbocycles. The molecule has 2 rings (SSSR count). The summed E-state index contributed by atoms with van der Waals surface area (Å²) in [6.45, 7) is 2.58. The smallest absolute Gasteiger partial charge is 0.306 e. The van der Waals surface area contributed by atoms with Crippen molar-refractivity contribution in [1.82, 2.24) is 4.57 Å². The van der Waals surface area contributed by atoms with Crippen molar-refractivity contribution in [3.05, 3.63) is 28.7 Å². The zero-order valence-electron chi connectivity index (χ0n) is 12.0. The molecule has 1 amide bonds. The third kappa shape index (κ3) is 3.71. The monoisotopic (exact) mass is 292 g/mol. The van der Waals surface area contributed by atoms with Gasteiger partial charge < -0.3 is 15.0 Å². The minimum Gasteiger partial charge on any atom is -0.481 e. The highest BCUT2D eigenvalue weighted by Gasteiger charge is 2.33. The highest BCUT2D eigenvalue weighted by molar-refractivity contribution is 5.93. The number of aliphatic carboxylic acids is 1. The standard InChI is InChI=1S/C15H20N2O4/c1-2-7-17-9-12(5-6-13(17)18)16-14(19)10-3-4-11(8-10)15(20)21/h5-6,9-11H,2-4,7-8H2,1H3,(H,16,19)(H,20,21). The van der Waals surface area contributed by atoms with Gasteiger partial charge in [0.2, 0.25) is 5.91 Å². The lowest BCUT2D eigenvalue weighted by atomic mass is 10.0. The lowest BCUT2D eigenvalue weighted by molar-refractivity contribution is -0.141. The Balaban J connectivity index is 2.02. The maximum absolute atomic E-state index is 12.1. The molecular weight excluding hydrogens is 272 g/mol. The van der Waals surface area contributed by atoms with E-state index in [4.69, 9.17) is 5.11 Å². The number of carboxylic acid groups (broad SMARTS) is 1. The van der Waals surface area contributed by atoms with Gasteiger partial charge in [0.25, 0.3) is 5.56 Å². The van der Waals surface area contributed by atoms with E-state index >= 15 is 0 Å². The molecule has 0 bridgehead atoms. The summed E-state index contributed by atoms with van der Waals surface area (Å²) in [7, 11) is 0. The van der Waals surface area contributed by atoms with E-state index in [0.717, 1.165) is 6.42 Å². The fourth-order valence-electron chi connectivity index (χ4n) is 2.71. The first-order valence-corrected chi connectivity index (χ1v) is 7.25. The van der Waals surface area contributed by atoms with Crippen LogP contribution in [-0.4, -0.2) is 21.6 Å². The quantitative estimate of drug-likeness (QED) is 0.864. The highest BCUT2D eigenvalue weighted by Crippen LogP contribution is 2.31. The number of aromatic nitrogens is 1. The number of nitrogens with one attached hydrogen (secondary N) is 1. The van der Waals surface area contributed by atoms with Crippen LogP contribution in [0.2, 0.25) is 0 Å². The van der Waals surface area contributed by atoms with E-state index in [0.29, 0.717) is 31.5 Å². The topological polar surface area (TPSA) is 88.4 Å². The molecule has 0 aliphatic heterocycles. The van der Waals surface area contributed by atoms with Crippen LogP contribution in [0.4, 0.5) is 5.69 Å². The summed E-state index contributed by atoms with van der Waals surface area (Å²) in [6.07, 6.45) is 3.99. The molecule has 1 aromatic heterocycles. The molecule has 114 valence electrons. The van der Waals surface area contributed by atoms with Crippen molar-refractivity contribution < 1.29 is 14.7 Å². The molecule has 2 N–H and O–H groups in total. The van der Waals surface area contributed by atoms with E-state index in [-0.39, 0.29) is 17.4 Å². The molecule has 0 radical (unpaired) electrons. The van der Waals surface area contributed by atoms with Gasteiger partial charge >= 0.3 is 5.97 Å². The van der Waals surface area contributed by atoms with E-state index in [1.54, 1.807) is 16.8 Å². The second kappa shape index (κ2) is 6.56. The molecule has 0 aromatic carbocycles. The Kier molecular flexibility index (Phi) is 4.77. The summed E-state index contributed by atoms with van der Waals surface area (Å²) in [4.78, 5) is 34.7. The number of rotatable bonds is 5. The van der Waals surface area contributed by atoms with Gasteiger partial charge in [0, 0.05) is 24.7 Å². The average molecular weight is 292 g/mol. The fourth-order valence-corrected chi connectivity index (χ4v) is 2.71. The number of aryl methyl sites for hydroxylation is 1. The van der Waals surface area contributed by atoms with E-state index in [9.17, 15) is 14.4 Å². The lowest BCUT2D eigenvalue weighted by Crippen LogP contribution is -2.24. The van der Waals surface area contributed by atoms with Crippen LogP contribution in [0.15, 0.2) is 23.1 Å². The first-order chi connectivity index (χ1) is 10.0. The highest BCUT2D eigenvalue weighted by atomic mass is 16.4. The Morgan fingerprint density at radius 3 is 2.67 bits per heavy atom. The van der Waals surface area contributed by atoms with Crippen LogP contribution < -0.4 is 10.9 Å². The molecule has 21 heavy (non-hydrogen) atoms. The van der Waals surface area contributed by atoms with Gasteiger partial charge in [-0.1, -0.05) is 6.92 Å². The Hall–Kier alpha value is -2.11. The minimum absolute atomic E-state index is 0.0957.